The molecule has 23 heavy (non-hydrogen) atoms. The third-order valence-electron chi connectivity index (χ3n) is 3.00. The van der Waals surface area contributed by atoms with Crippen molar-refractivity contribution >= 4 is 46.1 Å². The van der Waals surface area contributed by atoms with Crippen LogP contribution in [0.3, 0.4) is 0 Å². The van der Waals surface area contributed by atoms with Gasteiger partial charge in [-0.1, -0.05) is 71.5 Å². The fourth-order valence-electron chi connectivity index (χ4n) is 1.89. The maximum atomic E-state index is 12.1. The number of carbonyl (C=O) groups is 1. The van der Waals surface area contributed by atoms with Crippen molar-refractivity contribution in [1.82, 2.24) is 10.2 Å². The lowest BCUT2D eigenvalue weighted by molar-refractivity contribution is 0.102. The zero-order valence-corrected chi connectivity index (χ0v) is 13.5. The molecule has 0 saturated carbocycles. The predicted molar refractivity (Wildman–Crippen MR) is 94.7 cm³/mol. The molecule has 1 heterocycles. The Morgan fingerprint density at radius 1 is 1.00 bits per heavy atom. The summed E-state index contributed by atoms with van der Waals surface area (Å²) in [6.45, 7) is 0. The summed E-state index contributed by atoms with van der Waals surface area (Å²) in [5, 5.41) is 12.3. The second-order valence-electron chi connectivity index (χ2n) is 4.62. The Kier molecular flexibility index (Phi) is 4.80. The number of rotatable bonds is 4. The Morgan fingerprint density at radius 3 is 2.52 bits per heavy atom. The van der Waals surface area contributed by atoms with Crippen LogP contribution in [0.15, 0.2) is 54.6 Å². The van der Waals surface area contributed by atoms with Crippen molar-refractivity contribution in [1.29, 1.82) is 0 Å². The van der Waals surface area contributed by atoms with Gasteiger partial charge in [-0.15, -0.1) is 10.2 Å². The highest BCUT2D eigenvalue weighted by atomic mass is 35.5. The Balaban J connectivity index is 1.69. The van der Waals surface area contributed by atoms with E-state index >= 15 is 0 Å². The van der Waals surface area contributed by atoms with Crippen molar-refractivity contribution in [2.45, 2.75) is 0 Å². The molecule has 0 unspecified atom stereocenters. The largest absolute Gasteiger partial charge is 0.296 e. The number of amides is 1. The van der Waals surface area contributed by atoms with Crippen LogP contribution in [-0.2, 0) is 0 Å². The molecule has 0 aliphatic carbocycles. The van der Waals surface area contributed by atoms with Crippen molar-refractivity contribution in [2.24, 2.45) is 0 Å². The summed E-state index contributed by atoms with van der Waals surface area (Å²) in [7, 11) is 0. The van der Waals surface area contributed by atoms with E-state index in [4.69, 9.17) is 11.6 Å². The summed E-state index contributed by atoms with van der Waals surface area (Å²) < 4.78 is 0. The molecule has 4 nitrogen and oxygen atoms in total. The lowest BCUT2D eigenvalue weighted by atomic mass is 10.2. The molecule has 0 aliphatic rings. The molecule has 0 spiro atoms. The molecule has 2 aromatic carbocycles. The molecule has 3 aromatic rings. The van der Waals surface area contributed by atoms with Crippen LogP contribution in [0.25, 0.3) is 12.2 Å². The molecule has 0 atom stereocenters. The molecule has 114 valence electrons. The van der Waals surface area contributed by atoms with E-state index in [1.54, 1.807) is 24.3 Å². The maximum Gasteiger partial charge on any atom is 0.259 e. The minimum absolute atomic E-state index is 0.301. The molecule has 0 fully saturated rings. The molecule has 3 rings (SSSR count). The van der Waals surface area contributed by atoms with Gasteiger partial charge in [0.15, 0.2) is 0 Å². The average molecular weight is 342 g/mol. The predicted octanol–water partition coefficient (Wildman–Crippen LogP) is 4.61. The van der Waals surface area contributed by atoms with Crippen molar-refractivity contribution in [3.05, 3.63) is 75.8 Å². The van der Waals surface area contributed by atoms with Gasteiger partial charge < -0.3 is 0 Å². The third kappa shape index (κ3) is 4.03. The third-order valence-corrected chi connectivity index (χ3v) is 4.13. The number of nitrogens with one attached hydrogen (secondary N) is 1. The summed E-state index contributed by atoms with van der Waals surface area (Å²) in [6.07, 6.45) is 3.80. The zero-order valence-electron chi connectivity index (χ0n) is 11.9. The number of hydrogen-bond acceptors (Lipinski definition) is 4. The summed E-state index contributed by atoms with van der Waals surface area (Å²) in [5.74, 6) is -0.301. The summed E-state index contributed by atoms with van der Waals surface area (Å²) in [4.78, 5) is 12.1. The van der Waals surface area contributed by atoms with E-state index in [1.165, 1.54) is 11.3 Å². The molecule has 0 bridgehead atoms. The first-order chi connectivity index (χ1) is 11.2. The van der Waals surface area contributed by atoms with Gasteiger partial charge in [-0.2, -0.15) is 0 Å². The van der Waals surface area contributed by atoms with Crippen LogP contribution in [0.2, 0.25) is 5.02 Å². The summed E-state index contributed by atoms with van der Waals surface area (Å²) >= 11 is 7.30. The highest BCUT2D eigenvalue weighted by Crippen LogP contribution is 2.20. The Labute approximate surface area is 142 Å². The SMILES string of the molecule is O=C(Nc1nnc(/C=C/c2ccccc2)s1)c1ccccc1Cl. The van der Waals surface area contributed by atoms with Gasteiger partial charge >= 0.3 is 0 Å². The first-order valence-corrected chi connectivity index (χ1v) is 8.04. The molecule has 0 radical (unpaired) electrons. The lowest BCUT2D eigenvalue weighted by Crippen LogP contribution is -2.12. The molecule has 1 aromatic heterocycles. The molecule has 1 N–H and O–H groups in total. The van der Waals surface area contributed by atoms with Crippen molar-refractivity contribution in [3.8, 4) is 0 Å². The van der Waals surface area contributed by atoms with Gasteiger partial charge in [-0.05, 0) is 23.8 Å². The van der Waals surface area contributed by atoms with Gasteiger partial charge in [-0.25, -0.2) is 0 Å². The highest BCUT2D eigenvalue weighted by molar-refractivity contribution is 7.16. The monoisotopic (exact) mass is 341 g/mol. The average Bonchev–Trinajstić information content (AvgIpc) is 3.02. The molecule has 0 aliphatic heterocycles. The first-order valence-electron chi connectivity index (χ1n) is 6.85. The van der Waals surface area contributed by atoms with Gasteiger partial charge in [0, 0.05) is 0 Å². The van der Waals surface area contributed by atoms with E-state index in [9.17, 15) is 4.79 Å². The van der Waals surface area contributed by atoms with Crippen molar-refractivity contribution in [3.63, 3.8) is 0 Å². The van der Waals surface area contributed by atoms with Gasteiger partial charge in [-0.3, -0.25) is 10.1 Å². The second-order valence-corrected chi connectivity index (χ2v) is 6.04. The molecular formula is C17H12ClN3OS. The quantitative estimate of drug-likeness (QED) is 0.753. The lowest BCUT2D eigenvalue weighted by Gasteiger charge is -2.02. The van der Waals surface area contributed by atoms with E-state index < -0.39 is 0 Å². The Hall–Kier alpha value is -2.50. The van der Waals surface area contributed by atoms with Crippen LogP contribution in [0.4, 0.5) is 5.13 Å². The molecule has 6 heteroatoms. The standard InChI is InChI=1S/C17H12ClN3OS/c18-14-9-5-4-8-13(14)16(22)19-17-21-20-15(23-17)11-10-12-6-2-1-3-7-12/h1-11H,(H,19,21,22)/b11-10+. The van der Waals surface area contributed by atoms with Crippen LogP contribution in [0.1, 0.15) is 20.9 Å². The number of carbonyl (C=O) groups excluding carboxylic acids is 1. The number of halogens is 1. The fraction of sp³-hybridized carbons (Fsp3) is 0. The zero-order chi connectivity index (χ0) is 16.1. The Bertz CT molecular complexity index is 846. The smallest absolute Gasteiger partial charge is 0.259 e. The maximum absolute atomic E-state index is 12.1. The van der Waals surface area contributed by atoms with Crippen LogP contribution in [-0.4, -0.2) is 16.1 Å². The summed E-state index contributed by atoms with van der Waals surface area (Å²) in [5.41, 5.74) is 1.48. The van der Waals surface area contributed by atoms with Crippen LogP contribution in [0, 0.1) is 0 Å². The van der Waals surface area contributed by atoms with Crippen LogP contribution < -0.4 is 5.32 Å². The fourth-order valence-corrected chi connectivity index (χ4v) is 2.76. The minimum atomic E-state index is -0.301. The number of hydrogen-bond donors (Lipinski definition) is 1. The van der Waals surface area contributed by atoms with Gasteiger partial charge in [0.05, 0.1) is 10.6 Å². The minimum Gasteiger partial charge on any atom is -0.296 e. The van der Waals surface area contributed by atoms with E-state index in [2.05, 4.69) is 15.5 Å². The number of benzene rings is 2. The van der Waals surface area contributed by atoms with Crippen LogP contribution in [0.5, 0.6) is 0 Å². The molecule has 0 saturated heterocycles. The van der Waals surface area contributed by atoms with Crippen LogP contribution >= 0.6 is 22.9 Å². The van der Waals surface area contributed by atoms with Crippen molar-refractivity contribution in [2.75, 3.05) is 5.32 Å². The van der Waals surface area contributed by atoms with E-state index in [1.807, 2.05) is 42.5 Å². The number of anilines is 1. The molecule has 1 amide bonds. The Morgan fingerprint density at radius 2 is 1.74 bits per heavy atom. The number of nitrogens with zero attached hydrogens (tertiary/aromatic N) is 2. The van der Waals surface area contributed by atoms with E-state index in [0.717, 1.165) is 5.56 Å². The highest BCUT2D eigenvalue weighted by Gasteiger charge is 2.12. The van der Waals surface area contributed by atoms with Gasteiger partial charge in [0.1, 0.15) is 5.01 Å². The first kappa shape index (κ1) is 15.4. The van der Waals surface area contributed by atoms with Crippen molar-refractivity contribution < 1.29 is 4.79 Å². The summed E-state index contributed by atoms with van der Waals surface area (Å²) in [6, 6.07) is 16.8. The second kappa shape index (κ2) is 7.17. The van der Waals surface area contributed by atoms with E-state index in [-0.39, 0.29) is 5.91 Å². The number of aromatic nitrogens is 2. The topological polar surface area (TPSA) is 54.9 Å². The van der Waals surface area contributed by atoms with Gasteiger partial charge in [0.25, 0.3) is 5.91 Å². The normalized spacial score (nSPS) is 10.8. The van der Waals surface area contributed by atoms with E-state index in [0.29, 0.717) is 20.7 Å². The molecular weight excluding hydrogens is 330 g/mol. The van der Waals surface area contributed by atoms with Gasteiger partial charge in [0.2, 0.25) is 5.13 Å².